The Kier molecular flexibility index (Phi) is 8.65. The molecule has 6 aromatic rings. The second kappa shape index (κ2) is 12.6. The summed E-state index contributed by atoms with van der Waals surface area (Å²) in [6.45, 7) is 0. The maximum absolute atomic E-state index is 15.2. The molecule has 0 amide bonds. The minimum atomic E-state index is -3.67. The standard InChI is InChI=1S/C29H20F2N6O3.CH4O3S/c1-36-25-13-23(19-14-32-33-15-19)28(12-18(25)16-35-36)40-27-7-2-17(10-24(27)31)11-26(38)22-8-9-34-37(29(22)39)21-5-3-20(30)4-6-21;1-5(2,3)4/h2-10,12-16H,11H2,1H3,(H,32,33);1H3,(H,2,3,4). The Labute approximate surface area is 254 Å². The van der Waals surface area contributed by atoms with Crippen LogP contribution in [0.4, 0.5) is 8.78 Å². The van der Waals surface area contributed by atoms with Crippen molar-refractivity contribution in [2.24, 2.45) is 7.05 Å². The SMILES string of the molecule is CS(=O)(=O)O.Cn1ncc2cc(Oc3ccc(CC(=O)c4ccnn(-c5ccc(F)cc5)c4=O)cc3F)c(-c3cn[nH]c3)cc21. The third kappa shape index (κ3) is 7.34. The molecule has 0 aliphatic heterocycles. The van der Waals surface area contributed by atoms with Gasteiger partial charge in [-0.15, -0.1) is 0 Å². The van der Waals surface area contributed by atoms with Crippen molar-refractivity contribution in [1.82, 2.24) is 29.8 Å². The number of rotatable bonds is 7. The Hall–Kier alpha value is -5.54. The summed E-state index contributed by atoms with van der Waals surface area (Å²) in [5.41, 5.74) is 2.21. The lowest BCUT2D eigenvalue weighted by atomic mass is 10.0. The van der Waals surface area contributed by atoms with Crippen LogP contribution in [0.25, 0.3) is 27.7 Å². The molecule has 0 fully saturated rings. The van der Waals surface area contributed by atoms with Crippen molar-refractivity contribution in [2.75, 3.05) is 6.26 Å². The molecule has 0 aliphatic rings. The van der Waals surface area contributed by atoms with Crippen LogP contribution >= 0.6 is 0 Å². The first kappa shape index (κ1) is 30.9. The number of nitrogens with one attached hydrogen (secondary N) is 1. The minimum absolute atomic E-state index is 0.0354. The number of aromatic nitrogens is 6. The van der Waals surface area contributed by atoms with E-state index in [1.165, 1.54) is 48.7 Å². The number of aryl methyl sites for hydroxylation is 1. The van der Waals surface area contributed by atoms with Crippen molar-refractivity contribution in [3.63, 3.8) is 0 Å². The van der Waals surface area contributed by atoms with Gasteiger partial charge in [-0.2, -0.15) is 28.4 Å². The summed E-state index contributed by atoms with van der Waals surface area (Å²) in [6, 6.07) is 14.3. The van der Waals surface area contributed by atoms with E-state index in [-0.39, 0.29) is 17.7 Å². The maximum Gasteiger partial charge on any atom is 0.282 e. The summed E-state index contributed by atoms with van der Waals surface area (Å²) in [5, 5.41) is 15.8. The van der Waals surface area contributed by atoms with Crippen molar-refractivity contribution in [2.45, 2.75) is 6.42 Å². The topological polar surface area (TPSA) is 162 Å². The summed E-state index contributed by atoms with van der Waals surface area (Å²) >= 11 is 0. The summed E-state index contributed by atoms with van der Waals surface area (Å²) in [7, 11) is -1.84. The Morgan fingerprint density at radius 2 is 1.73 bits per heavy atom. The number of carbonyl (C=O) groups excluding carboxylic acids is 1. The van der Waals surface area contributed by atoms with Gasteiger partial charge in [0, 0.05) is 42.4 Å². The minimum Gasteiger partial charge on any atom is -0.454 e. The molecule has 0 saturated carbocycles. The average molecular weight is 635 g/mol. The van der Waals surface area contributed by atoms with Gasteiger partial charge in [0.1, 0.15) is 11.6 Å². The molecule has 0 spiro atoms. The van der Waals surface area contributed by atoms with Gasteiger partial charge in [-0.05, 0) is 60.2 Å². The van der Waals surface area contributed by atoms with Gasteiger partial charge in [-0.1, -0.05) is 6.07 Å². The average Bonchev–Trinajstić information content (AvgIpc) is 3.64. The second-order valence-electron chi connectivity index (χ2n) is 9.80. The number of aromatic amines is 1. The predicted octanol–water partition coefficient (Wildman–Crippen LogP) is 4.51. The quantitative estimate of drug-likeness (QED) is 0.190. The summed E-state index contributed by atoms with van der Waals surface area (Å²) in [5.74, 6) is -1.28. The van der Waals surface area contributed by atoms with E-state index >= 15 is 4.39 Å². The number of Topliss-reactive ketones (excluding diaryl/α,β-unsaturated/α-hetero) is 1. The number of carbonyl (C=O) groups is 1. The third-order valence-electron chi connectivity index (χ3n) is 6.46. The Balaban J connectivity index is 0.000000743. The number of ketones is 1. The first-order chi connectivity index (χ1) is 21.4. The van der Waals surface area contributed by atoms with Crippen LogP contribution in [0.2, 0.25) is 0 Å². The van der Waals surface area contributed by atoms with Crippen molar-refractivity contribution < 1.29 is 31.3 Å². The second-order valence-corrected chi connectivity index (χ2v) is 11.3. The lowest BCUT2D eigenvalue weighted by Gasteiger charge is -2.13. The van der Waals surface area contributed by atoms with E-state index in [0.29, 0.717) is 28.8 Å². The van der Waals surface area contributed by atoms with Crippen molar-refractivity contribution in [1.29, 1.82) is 0 Å². The summed E-state index contributed by atoms with van der Waals surface area (Å²) in [4.78, 5) is 25.9. The van der Waals surface area contributed by atoms with Crippen LogP contribution in [0.5, 0.6) is 11.5 Å². The molecule has 0 aliphatic carbocycles. The molecule has 0 saturated heterocycles. The molecule has 15 heteroatoms. The van der Waals surface area contributed by atoms with Crippen LogP contribution in [0.1, 0.15) is 15.9 Å². The number of hydrogen-bond donors (Lipinski definition) is 2. The van der Waals surface area contributed by atoms with Gasteiger partial charge in [0.05, 0.1) is 35.4 Å². The van der Waals surface area contributed by atoms with Gasteiger partial charge in [0.25, 0.3) is 15.7 Å². The monoisotopic (exact) mass is 634 g/mol. The van der Waals surface area contributed by atoms with E-state index in [2.05, 4.69) is 20.4 Å². The first-order valence-corrected chi connectivity index (χ1v) is 14.9. The summed E-state index contributed by atoms with van der Waals surface area (Å²) < 4.78 is 63.1. The van der Waals surface area contributed by atoms with E-state index in [1.54, 1.807) is 35.4 Å². The molecule has 3 aromatic carbocycles. The number of ether oxygens (including phenoxy) is 1. The molecule has 45 heavy (non-hydrogen) atoms. The number of H-pyrrole nitrogens is 1. The predicted molar refractivity (Wildman–Crippen MR) is 160 cm³/mol. The molecule has 230 valence electrons. The fourth-order valence-electron chi connectivity index (χ4n) is 4.41. The van der Waals surface area contributed by atoms with Crippen molar-refractivity contribution >= 4 is 26.8 Å². The smallest absolute Gasteiger partial charge is 0.282 e. The maximum atomic E-state index is 15.2. The van der Waals surface area contributed by atoms with E-state index in [9.17, 15) is 22.4 Å². The van der Waals surface area contributed by atoms with E-state index in [1.807, 2.05) is 13.1 Å². The third-order valence-corrected chi connectivity index (χ3v) is 6.46. The molecular weight excluding hydrogens is 610 g/mol. The Bertz CT molecular complexity index is 2170. The lowest BCUT2D eigenvalue weighted by Crippen LogP contribution is -2.27. The van der Waals surface area contributed by atoms with E-state index in [0.717, 1.165) is 21.1 Å². The molecule has 12 nitrogen and oxygen atoms in total. The summed E-state index contributed by atoms with van der Waals surface area (Å²) in [6.07, 6.45) is 6.84. The van der Waals surface area contributed by atoms with Gasteiger partial charge in [0.15, 0.2) is 17.3 Å². The van der Waals surface area contributed by atoms with E-state index in [4.69, 9.17) is 9.29 Å². The molecule has 3 heterocycles. The van der Waals surface area contributed by atoms with Gasteiger partial charge < -0.3 is 4.74 Å². The zero-order valence-electron chi connectivity index (χ0n) is 23.7. The van der Waals surface area contributed by atoms with Crippen LogP contribution in [0.15, 0.2) is 90.2 Å². The number of nitrogens with zero attached hydrogens (tertiary/aromatic N) is 5. The van der Waals surface area contributed by atoms with Gasteiger partial charge in [-0.25, -0.2) is 8.78 Å². The van der Waals surface area contributed by atoms with Gasteiger partial charge in [-0.3, -0.25) is 23.9 Å². The zero-order chi connectivity index (χ0) is 32.3. The molecule has 0 unspecified atom stereocenters. The highest BCUT2D eigenvalue weighted by molar-refractivity contribution is 7.85. The number of hydrogen-bond acceptors (Lipinski definition) is 8. The highest BCUT2D eigenvalue weighted by Crippen LogP contribution is 2.37. The van der Waals surface area contributed by atoms with Crippen LogP contribution in [-0.2, 0) is 23.6 Å². The highest BCUT2D eigenvalue weighted by atomic mass is 32.2. The van der Waals surface area contributed by atoms with E-state index < -0.39 is 33.1 Å². The largest absolute Gasteiger partial charge is 0.454 e. The molecule has 0 bridgehead atoms. The number of benzene rings is 3. The first-order valence-electron chi connectivity index (χ1n) is 13.1. The number of fused-ring (bicyclic) bond motifs is 1. The van der Waals surface area contributed by atoms with Crippen LogP contribution in [0, 0.1) is 11.6 Å². The molecule has 3 aromatic heterocycles. The fourth-order valence-corrected chi connectivity index (χ4v) is 4.41. The zero-order valence-corrected chi connectivity index (χ0v) is 24.5. The van der Waals surface area contributed by atoms with Crippen LogP contribution in [0.3, 0.4) is 0 Å². The molecule has 0 atom stereocenters. The van der Waals surface area contributed by atoms with Crippen LogP contribution < -0.4 is 10.3 Å². The molecular formula is C30H24F2N6O6S. The highest BCUT2D eigenvalue weighted by Gasteiger charge is 2.18. The number of halogens is 2. The lowest BCUT2D eigenvalue weighted by molar-refractivity contribution is 0.0990. The Morgan fingerprint density at radius 1 is 1.00 bits per heavy atom. The molecule has 6 rings (SSSR count). The molecule has 0 radical (unpaired) electrons. The fraction of sp³-hybridized carbons (Fsp3) is 0.100. The van der Waals surface area contributed by atoms with Gasteiger partial charge in [0.2, 0.25) is 0 Å². The normalized spacial score (nSPS) is 11.2. The van der Waals surface area contributed by atoms with Crippen molar-refractivity contribution in [3.05, 3.63) is 119 Å². The van der Waals surface area contributed by atoms with Crippen molar-refractivity contribution in [3.8, 4) is 28.3 Å². The van der Waals surface area contributed by atoms with Gasteiger partial charge >= 0.3 is 0 Å². The molecule has 2 N–H and O–H groups in total. The Morgan fingerprint density at radius 3 is 2.40 bits per heavy atom. The van der Waals surface area contributed by atoms with Crippen LogP contribution in [-0.4, -0.2) is 54.8 Å².